The van der Waals surface area contributed by atoms with Crippen LogP contribution in [-0.4, -0.2) is 52.9 Å². The second kappa shape index (κ2) is 6.41. The maximum atomic E-state index is 12.7. The third kappa shape index (κ3) is 3.35. The molecule has 0 radical (unpaired) electrons. The predicted octanol–water partition coefficient (Wildman–Crippen LogP) is 2.57. The topological polar surface area (TPSA) is 49.6 Å². The lowest BCUT2D eigenvalue weighted by atomic mass is 10.0. The summed E-state index contributed by atoms with van der Waals surface area (Å²) in [5.74, 6) is 1.83. The monoisotopic (exact) mass is 305 g/mol. The second-order valence-corrected chi connectivity index (χ2v) is 7.12. The van der Waals surface area contributed by atoms with E-state index in [1.165, 1.54) is 25.8 Å². The first-order chi connectivity index (χ1) is 10.6. The van der Waals surface area contributed by atoms with E-state index in [-0.39, 0.29) is 5.91 Å². The normalized spacial score (nSPS) is 23.8. The number of oxazole rings is 1. The molecule has 1 atom stereocenters. The summed E-state index contributed by atoms with van der Waals surface area (Å²) in [5.41, 5.74) is 0.685. The highest BCUT2D eigenvalue weighted by molar-refractivity contribution is 5.92. The Balaban J connectivity index is 1.73. The fraction of sp³-hybridized carbons (Fsp3) is 0.765. The molecule has 1 aromatic rings. The second-order valence-electron chi connectivity index (χ2n) is 7.12. The molecule has 3 rings (SSSR count). The Kier molecular flexibility index (Phi) is 4.52. The molecule has 1 saturated heterocycles. The quantitative estimate of drug-likeness (QED) is 0.858. The molecule has 1 aliphatic carbocycles. The average molecular weight is 305 g/mol. The lowest BCUT2D eigenvalue weighted by Crippen LogP contribution is -2.46. The standard InChI is InChI=1S/C17H27N3O2/c1-12(2)15-10-20(17(21)16-13(3)18-11-22-16)8-4-7-19(15)9-14-5-6-14/h11-12,14-15H,4-10H2,1-3H3/t15-/m1/s1. The Hall–Kier alpha value is -1.36. The third-order valence-electron chi connectivity index (χ3n) is 4.94. The summed E-state index contributed by atoms with van der Waals surface area (Å²) < 4.78 is 5.30. The number of rotatable bonds is 4. The minimum absolute atomic E-state index is 0.00563. The van der Waals surface area contributed by atoms with Crippen molar-refractivity contribution in [2.75, 3.05) is 26.2 Å². The molecule has 2 heterocycles. The van der Waals surface area contributed by atoms with Crippen molar-refractivity contribution in [3.05, 3.63) is 17.8 Å². The Bertz CT molecular complexity index is 522. The van der Waals surface area contributed by atoms with Gasteiger partial charge in [0.25, 0.3) is 5.91 Å². The van der Waals surface area contributed by atoms with Gasteiger partial charge in [0.15, 0.2) is 6.39 Å². The maximum Gasteiger partial charge on any atom is 0.291 e. The largest absolute Gasteiger partial charge is 0.438 e. The van der Waals surface area contributed by atoms with Gasteiger partial charge >= 0.3 is 0 Å². The van der Waals surface area contributed by atoms with E-state index in [1.54, 1.807) is 0 Å². The molecule has 1 saturated carbocycles. The molecular weight excluding hydrogens is 278 g/mol. The van der Waals surface area contributed by atoms with Gasteiger partial charge in [-0.05, 0) is 38.0 Å². The molecular formula is C17H27N3O2. The molecule has 1 aromatic heterocycles. The molecule has 122 valence electrons. The van der Waals surface area contributed by atoms with Crippen molar-refractivity contribution in [3.8, 4) is 0 Å². The molecule has 0 bridgehead atoms. The zero-order valence-corrected chi connectivity index (χ0v) is 13.9. The summed E-state index contributed by atoms with van der Waals surface area (Å²) in [4.78, 5) is 21.3. The molecule has 0 aromatic carbocycles. The summed E-state index contributed by atoms with van der Waals surface area (Å²) in [5, 5.41) is 0. The third-order valence-corrected chi connectivity index (χ3v) is 4.94. The van der Waals surface area contributed by atoms with Gasteiger partial charge in [0, 0.05) is 32.2 Å². The maximum absolute atomic E-state index is 12.7. The number of aryl methyl sites for hydroxylation is 1. The van der Waals surface area contributed by atoms with E-state index in [0.29, 0.717) is 23.4 Å². The van der Waals surface area contributed by atoms with Gasteiger partial charge in [-0.1, -0.05) is 13.8 Å². The van der Waals surface area contributed by atoms with Gasteiger partial charge in [-0.2, -0.15) is 0 Å². The number of aromatic nitrogens is 1. The smallest absolute Gasteiger partial charge is 0.291 e. The van der Waals surface area contributed by atoms with Crippen LogP contribution in [0.5, 0.6) is 0 Å². The van der Waals surface area contributed by atoms with Crippen molar-refractivity contribution in [1.82, 2.24) is 14.8 Å². The number of amides is 1. The molecule has 0 spiro atoms. The summed E-state index contributed by atoms with van der Waals surface area (Å²) in [6.45, 7) is 10.3. The molecule has 22 heavy (non-hydrogen) atoms. The fourth-order valence-electron chi connectivity index (χ4n) is 3.39. The molecule has 0 N–H and O–H groups in total. The first kappa shape index (κ1) is 15.5. The average Bonchev–Trinajstić information content (AvgIpc) is 3.23. The van der Waals surface area contributed by atoms with E-state index in [4.69, 9.17) is 4.42 Å². The van der Waals surface area contributed by atoms with Crippen LogP contribution < -0.4 is 0 Å². The van der Waals surface area contributed by atoms with Crippen molar-refractivity contribution in [3.63, 3.8) is 0 Å². The number of carbonyl (C=O) groups excluding carboxylic acids is 1. The zero-order chi connectivity index (χ0) is 15.7. The lowest BCUT2D eigenvalue weighted by Gasteiger charge is -2.34. The number of hydrogen-bond donors (Lipinski definition) is 0. The molecule has 5 nitrogen and oxygen atoms in total. The van der Waals surface area contributed by atoms with Crippen LogP contribution in [0.3, 0.4) is 0 Å². The van der Waals surface area contributed by atoms with Gasteiger partial charge in [-0.25, -0.2) is 4.98 Å². The van der Waals surface area contributed by atoms with Gasteiger partial charge in [0.2, 0.25) is 5.76 Å². The van der Waals surface area contributed by atoms with E-state index in [1.807, 2.05) is 11.8 Å². The van der Waals surface area contributed by atoms with Gasteiger partial charge in [0.1, 0.15) is 0 Å². The van der Waals surface area contributed by atoms with E-state index in [9.17, 15) is 4.79 Å². The SMILES string of the molecule is Cc1ncoc1C(=O)N1CCCN(CC2CC2)[C@@H](C(C)C)C1. The van der Waals surface area contributed by atoms with E-state index >= 15 is 0 Å². The van der Waals surface area contributed by atoms with Crippen molar-refractivity contribution >= 4 is 5.91 Å². The Morgan fingerprint density at radius 1 is 1.41 bits per heavy atom. The van der Waals surface area contributed by atoms with Crippen LogP contribution >= 0.6 is 0 Å². The van der Waals surface area contributed by atoms with E-state index < -0.39 is 0 Å². The first-order valence-corrected chi connectivity index (χ1v) is 8.49. The van der Waals surface area contributed by atoms with Crippen molar-refractivity contribution in [2.45, 2.75) is 46.1 Å². The molecule has 1 aliphatic heterocycles. The summed E-state index contributed by atoms with van der Waals surface area (Å²) in [6, 6.07) is 0.440. The number of carbonyl (C=O) groups is 1. The van der Waals surface area contributed by atoms with Crippen molar-refractivity contribution < 1.29 is 9.21 Å². The van der Waals surface area contributed by atoms with E-state index in [2.05, 4.69) is 23.7 Å². The van der Waals surface area contributed by atoms with Crippen LogP contribution in [0.15, 0.2) is 10.8 Å². The molecule has 5 heteroatoms. The first-order valence-electron chi connectivity index (χ1n) is 8.49. The Morgan fingerprint density at radius 2 is 2.18 bits per heavy atom. The lowest BCUT2D eigenvalue weighted by molar-refractivity contribution is 0.0672. The van der Waals surface area contributed by atoms with Gasteiger partial charge in [-0.15, -0.1) is 0 Å². The van der Waals surface area contributed by atoms with Crippen LogP contribution in [0, 0.1) is 18.8 Å². The minimum atomic E-state index is -0.00563. The highest BCUT2D eigenvalue weighted by Crippen LogP contribution is 2.32. The highest BCUT2D eigenvalue weighted by atomic mass is 16.3. The van der Waals surface area contributed by atoms with Crippen LogP contribution in [0.2, 0.25) is 0 Å². The van der Waals surface area contributed by atoms with Gasteiger partial charge in [0.05, 0.1) is 5.69 Å². The van der Waals surface area contributed by atoms with Gasteiger partial charge < -0.3 is 9.32 Å². The summed E-state index contributed by atoms with van der Waals surface area (Å²) in [6.07, 6.45) is 5.15. The predicted molar refractivity (Wildman–Crippen MR) is 84.7 cm³/mol. The molecule has 0 unspecified atom stereocenters. The van der Waals surface area contributed by atoms with Gasteiger partial charge in [-0.3, -0.25) is 9.69 Å². The Labute approximate surface area is 132 Å². The zero-order valence-electron chi connectivity index (χ0n) is 13.9. The molecule has 2 fully saturated rings. The molecule has 1 amide bonds. The minimum Gasteiger partial charge on any atom is -0.438 e. The summed E-state index contributed by atoms with van der Waals surface area (Å²) in [7, 11) is 0. The Morgan fingerprint density at radius 3 is 2.77 bits per heavy atom. The van der Waals surface area contributed by atoms with Crippen LogP contribution in [0.25, 0.3) is 0 Å². The molecule has 2 aliphatic rings. The van der Waals surface area contributed by atoms with E-state index in [0.717, 1.165) is 32.0 Å². The van der Waals surface area contributed by atoms with Crippen LogP contribution in [0.4, 0.5) is 0 Å². The van der Waals surface area contributed by atoms with Crippen LogP contribution in [0.1, 0.15) is 49.4 Å². The number of hydrogen-bond acceptors (Lipinski definition) is 4. The summed E-state index contributed by atoms with van der Waals surface area (Å²) >= 11 is 0. The van der Waals surface area contributed by atoms with Crippen molar-refractivity contribution in [1.29, 1.82) is 0 Å². The van der Waals surface area contributed by atoms with Crippen LogP contribution in [-0.2, 0) is 0 Å². The van der Waals surface area contributed by atoms with Crippen molar-refractivity contribution in [2.24, 2.45) is 11.8 Å². The highest BCUT2D eigenvalue weighted by Gasteiger charge is 2.34. The fourth-order valence-corrected chi connectivity index (χ4v) is 3.39. The number of nitrogens with zero attached hydrogens (tertiary/aromatic N) is 3.